The van der Waals surface area contributed by atoms with Crippen LogP contribution in [-0.4, -0.2) is 19.8 Å². The standard InChI is InChI=1S/C13H19NO/c1-11-4-2-3-5-12(11)13(6-8-14)7-9-15-10-13/h2-5H,6-10,14H2,1H3. The molecule has 1 aromatic carbocycles. The first kappa shape index (κ1) is 10.7. The van der Waals surface area contributed by atoms with E-state index in [0.717, 1.165) is 32.6 Å². The molecular weight excluding hydrogens is 186 g/mol. The van der Waals surface area contributed by atoms with Gasteiger partial charge in [-0.05, 0) is 37.4 Å². The molecule has 0 aromatic heterocycles. The fraction of sp³-hybridized carbons (Fsp3) is 0.538. The zero-order valence-electron chi connectivity index (χ0n) is 9.33. The zero-order valence-corrected chi connectivity index (χ0v) is 9.33. The van der Waals surface area contributed by atoms with Gasteiger partial charge in [0.25, 0.3) is 0 Å². The topological polar surface area (TPSA) is 35.2 Å². The molecule has 0 saturated carbocycles. The van der Waals surface area contributed by atoms with Crippen LogP contribution in [0.1, 0.15) is 24.0 Å². The maximum absolute atomic E-state index is 5.73. The van der Waals surface area contributed by atoms with E-state index in [-0.39, 0.29) is 5.41 Å². The Morgan fingerprint density at radius 1 is 1.40 bits per heavy atom. The predicted molar refractivity (Wildman–Crippen MR) is 62.0 cm³/mol. The van der Waals surface area contributed by atoms with Crippen LogP contribution >= 0.6 is 0 Å². The molecule has 1 aliphatic rings. The van der Waals surface area contributed by atoms with E-state index in [4.69, 9.17) is 10.5 Å². The lowest BCUT2D eigenvalue weighted by molar-refractivity contribution is 0.175. The Hall–Kier alpha value is -0.860. The Labute approximate surface area is 91.4 Å². The summed E-state index contributed by atoms with van der Waals surface area (Å²) in [4.78, 5) is 0. The molecule has 2 nitrogen and oxygen atoms in total. The highest BCUT2D eigenvalue weighted by molar-refractivity contribution is 5.34. The van der Waals surface area contributed by atoms with Gasteiger partial charge in [-0.25, -0.2) is 0 Å². The molecule has 2 rings (SSSR count). The maximum Gasteiger partial charge on any atom is 0.0564 e. The van der Waals surface area contributed by atoms with Gasteiger partial charge in [0.15, 0.2) is 0 Å². The summed E-state index contributed by atoms with van der Waals surface area (Å²) in [6.07, 6.45) is 2.13. The Morgan fingerprint density at radius 3 is 2.80 bits per heavy atom. The third kappa shape index (κ3) is 1.92. The van der Waals surface area contributed by atoms with E-state index in [9.17, 15) is 0 Å². The highest BCUT2D eigenvalue weighted by atomic mass is 16.5. The number of rotatable bonds is 3. The summed E-state index contributed by atoms with van der Waals surface area (Å²) in [5.74, 6) is 0. The number of hydrogen-bond donors (Lipinski definition) is 1. The van der Waals surface area contributed by atoms with E-state index in [0.29, 0.717) is 0 Å². The molecule has 2 heteroatoms. The Kier molecular flexibility index (Phi) is 3.08. The van der Waals surface area contributed by atoms with Crippen molar-refractivity contribution in [2.45, 2.75) is 25.2 Å². The second-order valence-electron chi connectivity index (χ2n) is 4.44. The number of aryl methyl sites for hydroxylation is 1. The van der Waals surface area contributed by atoms with Gasteiger partial charge in [0.2, 0.25) is 0 Å². The van der Waals surface area contributed by atoms with Gasteiger partial charge in [0.1, 0.15) is 0 Å². The first-order valence-corrected chi connectivity index (χ1v) is 5.62. The van der Waals surface area contributed by atoms with Crippen molar-refractivity contribution in [2.24, 2.45) is 5.73 Å². The second-order valence-corrected chi connectivity index (χ2v) is 4.44. The summed E-state index contributed by atoms with van der Waals surface area (Å²) in [5, 5.41) is 0. The molecule has 82 valence electrons. The average Bonchev–Trinajstić information content (AvgIpc) is 2.69. The largest absolute Gasteiger partial charge is 0.380 e. The van der Waals surface area contributed by atoms with Crippen LogP contribution in [0.25, 0.3) is 0 Å². The molecule has 1 heterocycles. The fourth-order valence-electron chi connectivity index (χ4n) is 2.60. The molecule has 1 aliphatic heterocycles. The van der Waals surface area contributed by atoms with Gasteiger partial charge in [0, 0.05) is 12.0 Å². The molecule has 0 spiro atoms. The highest BCUT2D eigenvalue weighted by Gasteiger charge is 2.36. The minimum atomic E-state index is 0.181. The Bertz CT molecular complexity index is 329. The molecule has 15 heavy (non-hydrogen) atoms. The van der Waals surface area contributed by atoms with Gasteiger partial charge in [-0.2, -0.15) is 0 Å². The smallest absolute Gasteiger partial charge is 0.0564 e. The van der Waals surface area contributed by atoms with Gasteiger partial charge in [0.05, 0.1) is 6.61 Å². The fourth-order valence-corrected chi connectivity index (χ4v) is 2.60. The van der Waals surface area contributed by atoms with E-state index in [1.807, 2.05) is 0 Å². The van der Waals surface area contributed by atoms with E-state index in [1.165, 1.54) is 11.1 Å². The third-order valence-corrected chi connectivity index (χ3v) is 3.44. The maximum atomic E-state index is 5.73. The van der Waals surface area contributed by atoms with Crippen molar-refractivity contribution in [1.29, 1.82) is 0 Å². The summed E-state index contributed by atoms with van der Waals surface area (Å²) in [7, 11) is 0. The number of hydrogen-bond acceptors (Lipinski definition) is 2. The van der Waals surface area contributed by atoms with Crippen LogP contribution in [0, 0.1) is 6.92 Å². The van der Waals surface area contributed by atoms with Crippen molar-refractivity contribution >= 4 is 0 Å². The minimum Gasteiger partial charge on any atom is -0.380 e. The quantitative estimate of drug-likeness (QED) is 0.819. The average molecular weight is 205 g/mol. The van der Waals surface area contributed by atoms with Gasteiger partial charge < -0.3 is 10.5 Å². The van der Waals surface area contributed by atoms with E-state index < -0.39 is 0 Å². The molecular formula is C13H19NO. The van der Waals surface area contributed by atoms with Gasteiger partial charge >= 0.3 is 0 Å². The normalized spacial score (nSPS) is 25.7. The highest BCUT2D eigenvalue weighted by Crippen LogP contribution is 2.37. The molecule has 1 fully saturated rings. The number of ether oxygens (including phenoxy) is 1. The molecule has 2 N–H and O–H groups in total. The van der Waals surface area contributed by atoms with Crippen molar-refractivity contribution < 1.29 is 4.74 Å². The van der Waals surface area contributed by atoms with Gasteiger partial charge in [-0.15, -0.1) is 0 Å². The molecule has 0 radical (unpaired) electrons. The van der Waals surface area contributed by atoms with Crippen LogP contribution in [0.2, 0.25) is 0 Å². The van der Waals surface area contributed by atoms with Crippen LogP contribution in [0.5, 0.6) is 0 Å². The van der Waals surface area contributed by atoms with Crippen LogP contribution in [0.15, 0.2) is 24.3 Å². The molecule has 0 amide bonds. The zero-order chi connectivity index (χ0) is 10.7. The van der Waals surface area contributed by atoms with Gasteiger partial charge in [-0.1, -0.05) is 24.3 Å². The Morgan fingerprint density at radius 2 is 2.20 bits per heavy atom. The molecule has 1 aromatic rings. The van der Waals surface area contributed by atoms with Crippen LogP contribution in [-0.2, 0) is 10.2 Å². The minimum absolute atomic E-state index is 0.181. The SMILES string of the molecule is Cc1ccccc1C1(CCN)CCOC1. The van der Waals surface area contributed by atoms with Crippen molar-refractivity contribution in [3.63, 3.8) is 0 Å². The first-order valence-electron chi connectivity index (χ1n) is 5.62. The molecule has 1 unspecified atom stereocenters. The van der Waals surface area contributed by atoms with Crippen molar-refractivity contribution in [3.8, 4) is 0 Å². The summed E-state index contributed by atoms with van der Waals surface area (Å²) >= 11 is 0. The van der Waals surface area contributed by atoms with E-state index >= 15 is 0 Å². The summed E-state index contributed by atoms with van der Waals surface area (Å²) in [5.41, 5.74) is 8.69. The van der Waals surface area contributed by atoms with E-state index in [2.05, 4.69) is 31.2 Å². The van der Waals surface area contributed by atoms with Gasteiger partial charge in [-0.3, -0.25) is 0 Å². The third-order valence-electron chi connectivity index (χ3n) is 3.44. The van der Waals surface area contributed by atoms with E-state index in [1.54, 1.807) is 0 Å². The summed E-state index contributed by atoms with van der Waals surface area (Å²) in [6.45, 7) is 4.60. The molecule has 0 bridgehead atoms. The molecule has 1 saturated heterocycles. The first-order chi connectivity index (χ1) is 7.28. The van der Waals surface area contributed by atoms with Crippen molar-refractivity contribution in [3.05, 3.63) is 35.4 Å². The lowest BCUT2D eigenvalue weighted by atomic mass is 9.75. The number of benzene rings is 1. The second kappa shape index (κ2) is 4.33. The summed E-state index contributed by atoms with van der Waals surface area (Å²) < 4.78 is 5.57. The Balaban J connectivity index is 2.36. The van der Waals surface area contributed by atoms with Crippen LogP contribution in [0.3, 0.4) is 0 Å². The predicted octanol–water partition coefficient (Wildman–Crippen LogP) is 2.00. The van der Waals surface area contributed by atoms with Crippen molar-refractivity contribution in [2.75, 3.05) is 19.8 Å². The lowest BCUT2D eigenvalue weighted by Gasteiger charge is -2.29. The molecule has 1 atom stereocenters. The van der Waals surface area contributed by atoms with Crippen molar-refractivity contribution in [1.82, 2.24) is 0 Å². The monoisotopic (exact) mass is 205 g/mol. The number of nitrogens with two attached hydrogens (primary N) is 1. The summed E-state index contributed by atoms with van der Waals surface area (Å²) in [6, 6.07) is 8.59. The molecule has 0 aliphatic carbocycles. The lowest BCUT2D eigenvalue weighted by Crippen LogP contribution is -2.30. The van der Waals surface area contributed by atoms with Crippen LogP contribution in [0.4, 0.5) is 0 Å². The van der Waals surface area contributed by atoms with Crippen LogP contribution < -0.4 is 5.73 Å².